The van der Waals surface area contributed by atoms with E-state index in [2.05, 4.69) is 30.9 Å². The van der Waals surface area contributed by atoms with E-state index >= 15 is 0 Å². The van der Waals surface area contributed by atoms with E-state index < -0.39 is 0 Å². The maximum atomic E-state index is 4.28. The van der Waals surface area contributed by atoms with Crippen LogP contribution in [-0.2, 0) is 13.1 Å². The highest BCUT2D eigenvalue weighted by Crippen LogP contribution is 1.91. The van der Waals surface area contributed by atoms with Crippen LogP contribution in [0.5, 0.6) is 0 Å². The van der Waals surface area contributed by atoms with Gasteiger partial charge in [0.15, 0.2) is 0 Å². The molecule has 0 aliphatic carbocycles. The quantitative estimate of drug-likeness (QED) is 0.441. The van der Waals surface area contributed by atoms with Crippen LogP contribution >= 0.6 is 0 Å². The van der Waals surface area contributed by atoms with E-state index in [1.807, 2.05) is 30.6 Å². The van der Waals surface area contributed by atoms with Crippen molar-refractivity contribution in [2.75, 3.05) is 26.2 Å². The molecule has 22 heavy (non-hydrogen) atoms. The summed E-state index contributed by atoms with van der Waals surface area (Å²) < 4.78 is 0. The molecule has 6 heteroatoms. The highest BCUT2D eigenvalue weighted by molar-refractivity contribution is 5.02. The minimum Gasteiger partial charge on any atom is -0.348 e. The lowest BCUT2D eigenvalue weighted by Gasteiger charge is -2.07. The number of imidazole rings is 1. The van der Waals surface area contributed by atoms with Gasteiger partial charge in [-0.05, 0) is 51.2 Å². The molecule has 0 saturated carbocycles. The first-order valence-electron chi connectivity index (χ1n) is 7.95. The van der Waals surface area contributed by atoms with E-state index in [0.29, 0.717) is 0 Å². The summed E-state index contributed by atoms with van der Waals surface area (Å²) in [5.41, 5.74) is 1.10. The van der Waals surface area contributed by atoms with Crippen molar-refractivity contribution in [2.45, 2.75) is 25.9 Å². The number of nitrogens with zero attached hydrogens (tertiary/aromatic N) is 2. The fourth-order valence-electron chi connectivity index (χ4n) is 2.12. The van der Waals surface area contributed by atoms with Gasteiger partial charge in [-0.3, -0.25) is 4.98 Å². The van der Waals surface area contributed by atoms with E-state index in [1.165, 1.54) is 0 Å². The molecular weight excluding hydrogens is 276 g/mol. The lowest BCUT2D eigenvalue weighted by molar-refractivity contribution is 0.560. The third-order valence-corrected chi connectivity index (χ3v) is 3.29. The van der Waals surface area contributed by atoms with Crippen LogP contribution in [0.15, 0.2) is 36.8 Å². The van der Waals surface area contributed by atoms with Gasteiger partial charge in [0.05, 0.1) is 12.2 Å². The van der Waals surface area contributed by atoms with E-state index in [9.17, 15) is 0 Å². The SMILES string of the molecule is c1ccc(CNCCCNCCCNCc2ncc[nH]2)nc1. The van der Waals surface area contributed by atoms with E-state index in [4.69, 9.17) is 0 Å². The van der Waals surface area contributed by atoms with Gasteiger partial charge in [-0.25, -0.2) is 4.98 Å². The number of H-pyrrole nitrogens is 1. The molecule has 2 rings (SSSR count). The summed E-state index contributed by atoms with van der Waals surface area (Å²) >= 11 is 0. The number of aromatic amines is 1. The van der Waals surface area contributed by atoms with Gasteiger partial charge in [-0.1, -0.05) is 6.07 Å². The van der Waals surface area contributed by atoms with Crippen LogP contribution in [0.1, 0.15) is 24.4 Å². The molecule has 2 aromatic heterocycles. The number of nitrogens with one attached hydrogen (secondary N) is 4. The minimum absolute atomic E-state index is 0.810. The molecule has 0 fully saturated rings. The maximum Gasteiger partial charge on any atom is 0.120 e. The summed E-state index contributed by atoms with van der Waals surface area (Å²) in [5, 5.41) is 10.2. The summed E-state index contributed by atoms with van der Waals surface area (Å²) in [4.78, 5) is 11.5. The van der Waals surface area contributed by atoms with Crippen LogP contribution < -0.4 is 16.0 Å². The molecule has 2 aromatic rings. The third-order valence-electron chi connectivity index (χ3n) is 3.29. The molecular formula is C16H26N6. The van der Waals surface area contributed by atoms with Crippen molar-refractivity contribution >= 4 is 0 Å². The van der Waals surface area contributed by atoms with Gasteiger partial charge in [-0.15, -0.1) is 0 Å². The van der Waals surface area contributed by atoms with Crippen molar-refractivity contribution in [2.24, 2.45) is 0 Å². The van der Waals surface area contributed by atoms with Gasteiger partial charge >= 0.3 is 0 Å². The Balaban J connectivity index is 1.33. The fraction of sp³-hybridized carbons (Fsp3) is 0.500. The number of aromatic nitrogens is 3. The molecule has 0 aliphatic heterocycles. The zero-order valence-electron chi connectivity index (χ0n) is 13.0. The summed E-state index contributed by atoms with van der Waals surface area (Å²) in [7, 11) is 0. The van der Waals surface area contributed by atoms with Gasteiger partial charge in [-0.2, -0.15) is 0 Å². The number of pyridine rings is 1. The number of hydrogen-bond acceptors (Lipinski definition) is 5. The molecule has 4 N–H and O–H groups in total. The van der Waals surface area contributed by atoms with Crippen molar-refractivity contribution in [3.8, 4) is 0 Å². The predicted molar refractivity (Wildman–Crippen MR) is 88.3 cm³/mol. The summed E-state index contributed by atoms with van der Waals surface area (Å²) in [6.45, 7) is 5.77. The Hall–Kier alpha value is -1.76. The monoisotopic (exact) mass is 302 g/mol. The highest BCUT2D eigenvalue weighted by atomic mass is 15.0. The fourth-order valence-corrected chi connectivity index (χ4v) is 2.12. The number of rotatable bonds is 12. The van der Waals surface area contributed by atoms with Crippen molar-refractivity contribution in [1.29, 1.82) is 0 Å². The van der Waals surface area contributed by atoms with E-state index in [0.717, 1.165) is 63.6 Å². The van der Waals surface area contributed by atoms with Gasteiger partial charge in [0.2, 0.25) is 0 Å². The summed E-state index contributed by atoms with van der Waals surface area (Å²) in [6.07, 6.45) is 7.72. The second-order valence-corrected chi connectivity index (χ2v) is 5.17. The predicted octanol–water partition coefficient (Wildman–Crippen LogP) is 1.05. The molecule has 0 aliphatic rings. The smallest absolute Gasteiger partial charge is 0.120 e. The molecule has 0 bridgehead atoms. The first kappa shape index (κ1) is 16.6. The zero-order chi connectivity index (χ0) is 15.3. The summed E-state index contributed by atoms with van der Waals surface area (Å²) in [6, 6.07) is 6.00. The molecule has 0 amide bonds. The van der Waals surface area contributed by atoms with Crippen LogP contribution in [0, 0.1) is 0 Å². The zero-order valence-corrected chi connectivity index (χ0v) is 13.0. The van der Waals surface area contributed by atoms with Crippen LogP contribution in [0.4, 0.5) is 0 Å². The second-order valence-electron chi connectivity index (χ2n) is 5.17. The normalized spacial score (nSPS) is 10.9. The van der Waals surface area contributed by atoms with Gasteiger partial charge < -0.3 is 20.9 Å². The first-order valence-corrected chi connectivity index (χ1v) is 7.95. The molecule has 0 spiro atoms. The summed E-state index contributed by atoms with van der Waals surface area (Å²) in [5.74, 6) is 0.993. The van der Waals surface area contributed by atoms with Crippen molar-refractivity contribution in [3.63, 3.8) is 0 Å². The Bertz CT molecular complexity index is 471. The topological polar surface area (TPSA) is 77.7 Å². The van der Waals surface area contributed by atoms with Gasteiger partial charge in [0, 0.05) is 25.1 Å². The molecule has 2 heterocycles. The molecule has 120 valence electrons. The lowest BCUT2D eigenvalue weighted by Crippen LogP contribution is -2.25. The van der Waals surface area contributed by atoms with E-state index in [1.54, 1.807) is 6.20 Å². The van der Waals surface area contributed by atoms with Crippen LogP contribution in [-0.4, -0.2) is 41.1 Å². The Morgan fingerprint density at radius 1 is 0.818 bits per heavy atom. The van der Waals surface area contributed by atoms with Crippen molar-refractivity contribution < 1.29 is 0 Å². The average Bonchev–Trinajstić information content (AvgIpc) is 3.07. The molecule has 0 saturated heterocycles. The standard InChI is InChI=1S/C16H26N6/c1-2-10-20-15(5-1)13-18-8-3-6-17-7-4-9-19-14-16-21-11-12-22-16/h1-2,5,10-12,17-19H,3-4,6-9,13-14H2,(H,21,22). The Morgan fingerprint density at radius 3 is 2.27 bits per heavy atom. The maximum absolute atomic E-state index is 4.28. The minimum atomic E-state index is 0.810. The highest BCUT2D eigenvalue weighted by Gasteiger charge is 1.94. The first-order chi connectivity index (χ1) is 10.9. The second kappa shape index (κ2) is 10.9. The number of hydrogen-bond donors (Lipinski definition) is 4. The average molecular weight is 302 g/mol. The Kier molecular flexibility index (Phi) is 8.22. The Morgan fingerprint density at radius 2 is 1.59 bits per heavy atom. The van der Waals surface area contributed by atoms with Crippen LogP contribution in [0.3, 0.4) is 0 Å². The molecule has 0 unspecified atom stereocenters. The van der Waals surface area contributed by atoms with Crippen LogP contribution in [0.2, 0.25) is 0 Å². The largest absolute Gasteiger partial charge is 0.348 e. The van der Waals surface area contributed by atoms with Gasteiger partial charge in [0.25, 0.3) is 0 Å². The van der Waals surface area contributed by atoms with E-state index in [-0.39, 0.29) is 0 Å². The molecule has 0 radical (unpaired) electrons. The van der Waals surface area contributed by atoms with Crippen molar-refractivity contribution in [1.82, 2.24) is 30.9 Å². The lowest BCUT2D eigenvalue weighted by atomic mass is 10.3. The Labute approximate surface area is 132 Å². The van der Waals surface area contributed by atoms with Crippen LogP contribution in [0.25, 0.3) is 0 Å². The molecule has 6 nitrogen and oxygen atoms in total. The molecule has 0 atom stereocenters. The van der Waals surface area contributed by atoms with Gasteiger partial charge in [0.1, 0.15) is 5.82 Å². The molecule has 0 aromatic carbocycles. The van der Waals surface area contributed by atoms with Crippen molar-refractivity contribution in [3.05, 3.63) is 48.3 Å². The third kappa shape index (κ3) is 7.31.